The van der Waals surface area contributed by atoms with E-state index < -0.39 is 0 Å². The lowest BCUT2D eigenvalue weighted by molar-refractivity contribution is 0.102. The van der Waals surface area contributed by atoms with Gasteiger partial charge >= 0.3 is 0 Å². The van der Waals surface area contributed by atoms with Crippen LogP contribution in [0.5, 0.6) is 11.5 Å². The van der Waals surface area contributed by atoms with Crippen LogP contribution in [0.25, 0.3) is 0 Å². The van der Waals surface area contributed by atoms with Crippen LogP contribution in [0.2, 0.25) is 5.02 Å². The van der Waals surface area contributed by atoms with Gasteiger partial charge in [-0.15, -0.1) is 11.3 Å². The molecule has 1 aromatic carbocycles. The van der Waals surface area contributed by atoms with Gasteiger partial charge in [0.1, 0.15) is 0 Å². The Morgan fingerprint density at radius 3 is 3.10 bits per heavy atom. The van der Waals surface area contributed by atoms with Crippen LogP contribution in [0.1, 0.15) is 27.3 Å². The van der Waals surface area contributed by atoms with Gasteiger partial charge in [0.15, 0.2) is 16.6 Å². The monoisotopic (exact) mass is 322 g/mol. The van der Waals surface area contributed by atoms with E-state index in [4.69, 9.17) is 21.1 Å². The molecule has 1 aliphatic heterocycles. The van der Waals surface area contributed by atoms with E-state index >= 15 is 0 Å². The van der Waals surface area contributed by atoms with Crippen molar-refractivity contribution in [1.29, 1.82) is 0 Å². The second kappa shape index (κ2) is 4.89. The maximum Gasteiger partial charge on any atom is 0.257 e. The number of benzene rings is 1. The minimum Gasteiger partial charge on any atom is -0.454 e. The summed E-state index contributed by atoms with van der Waals surface area (Å²) < 4.78 is 10.5. The molecule has 0 unspecified atom stereocenters. The SMILES string of the molecule is O=C(Nc1nc2c(s1)CCC2)c1cc(Cl)c2c(c1)OCO2. The van der Waals surface area contributed by atoms with Crippen molar-refractivity contribution in [1.82, 2.24) is 4.98 Å². The first-order valence-corrected chi connectivity index (χ1v) is 7.79. The molecule has 1 aliphatic carbocycles. The molecule has 0 bridgehead atoms. The summed E-state index contributed by atoms with van der Waals surface area (Å²) in [6.07, 6.45) is 3.20. The maximum absolute atomic E-state index is 12.3. The number of aromatic nitrogens is 1. The van der Waals surface area contributed by atoms with Crippen molar-refractivity contribution in [3.8, 4) is 11.5 Å². The standard InChI is InChI=1S/C14H11ClN2O3S/c15-8-4-7(5-10-12(8)20-6-19-10)13(18)17-14-16-9-2-1-3-11(9)21-14/h4-5H,1-3,6H2,(H,16,17,18). The Morgan fingerprint density at radius 2 is 2.24 bits per heavy atom. The Bertz CT molecular complexity index is 723. The molecule has 0 fully saturated rings. The number of amides is 1. The summed E-state index contributed by atoms with van der Waals surface area (Å²) >= 11 is 7.63. The van der Waals surface area contributed by atoms with Crippen LogP contribution in [-0.2, 0) is 12.8 Å². The fourth-order valence-electron chi connectivity index (χ4n) is 2.51. The van der Waals surface area contributed by atoms with E-state index in [2.05, 4.69) is 10.3 Å². The number of hydrogen-bond donors (Lipinski definition) is 1. The Kier molecular flexibility index (Phi) is 3.01. The molecule has 0 spiro atoms. The van der Waals surface area contributed by atoms with Gasteiger partial charge in [0.2, 0.25) is 6.79 Å². The third-order valence-corrected chi connectivity index (χ3v) is 4.86. The van der Waals surface area contributed by atoms with Gasteiger partial charge in [0.25, 0.3) is 5.91 Å². The molecular weight excluding hydrogens is 312 g/mol. The summed E-state index contributed by atoms with van der Waals surface area (Å²) in [5.41, 5.74) is 1.54. The molecule has 2 aliphatic rings. The van der Waals surface area contributed by atoms with Crippen molar-refractivity contribution in [2.75, 3.05) is 12.1 Å². The molecule has 1 N–H and O–H groups in total. The number of nitrogens with one attached hydrogen (secondary N) is 1. The van der Waals surface area contributed by atoms with E-state index in [-0.39, 0.29) is 12.7 Å². The Balaban J connectivity index is 1.58. The van der Waals surface area contributed by atoms with E-state index in [1.54, 1.807) is 23.5 Å². The molecule has 0 saturated carbocycles. The smallest absolute Gasteiger partial charge is 0.257 e. The number of halogens is 1. The summed E-state index contributed by atoms with van der Waals surface area (Å²) in [7, 11) is 0. The largest absolute Gasteiger partial charge is 0.454 e. The number of nitrogens with zero attached hydrogens (tertiary/aromatic N) is 1. The maximum atomic E-state index is 12.3. The molecule has 4 rings (SSSR count). The van der Waals surface area contributed by atoms with Gasteiger partial charge in [-0.25, -0.2) is 4.98 Å². The number of hydrogen-bond acceptors (Lipinski definition) is 5. The van der Waals surface area contributed by atoms with Crippen LogP contribution in [0.4, 0.5) is 5.13 Å². The molecule has 2 heterocycles. The third-order valence-electron chi connectivity index (χ3n) is 3.51. The van der Waals surface area contributed by atoms with Crippen molar-refractivity contribution < 1.29 is 14.3 Å². The normalized spacial score (nSPS) is 15.1. The third kappa shape index (κ3) is 2.24. The number of anilines is 1. The highest BCUT2D eigenvalue weighted by molar-refractivity contribution is 7.16. The number of aryl methyl sites for hydroxylation is 2. The number of carbonyl (C=O) groups is 1. The molecule has 1 aromatic heterocycles. The van der Waals surface area contributed by atoms with Crippen LogP contribution in [0.3, 0.4) is 0 Å². The lowest BCUT2D eigenvalue weighted by atomic mass is 10.2. The van der Waals surface area contributed by atoms with Crippen molar-refractivity contribution >= 4 is 34.0 Å². The lowest BCUT2D eigenvalue weighted by Gasteiger charge is -2.05. The van der Waals surface area contributed by atoms with Crippen molar-refractivity contribution in [2.45, 2.75) is 19.3 Å². The van der Waals surface area contributed by atoms with E-state index in [9.17, 15) is 4.79 Å². The molecule has 5 nitrogen and oxygen atoms in total. The van der Waals surface area contributed by atoms with E-state index in [0.29, 0.717) is 27.2 Å². The summed E-state index contributed by atoms with van der Waals surface area (Å²) in [6.45, 7) is 0.124. The highest BCUT2D eigenvalue weighted by Crippen LogP contribution is 2.40. The quantitative estimate of drug-likeness (QED) is 0.922. The molecule has 0 saturated heterocycles. The van der Waals surface area contributed by atoms with Crippen LogP contribution < -0.4 is 14.8 Å². The number of carbonyl (C=O) groups excluding carboxylic acids is 1. The van der Waals surface area contributed by atoms with E-state index in [1.807, 2.05) is 0 Å². The molecule has 2 aromatic rings. The number of fused-ring (bicyclic) bond motifs is 2. The van der Waals surface area contributed by atoms with Crippen molar-refractivity contribution in [3.05, 3.63) is 33.3 Å². The molecular formula is C14H11ClN2O3S. The molecule has 0 radical (unpaired) electrons. The first-order valence-electron chi connectivity index (χ1n) is 6.60. The summed E-state index contributed by atoms with van der Waals surface area (Å²) in [5.74, 6) is 0.735. The highest BCUT2D eigenvalue weighted by atomic mass is 35.5. The van der Waals surface area contributed by atoms with Gasteiger partial charge in [0, 0.05) is 10.4 Å². The van der Waals surface area contributed by atoms with Gasteiger partial charge in [0.05, 0.1) is 10.7 Å². The van der Waals surface area contributed by atoms with E-state index in [1.165, 1.54) is 4.88 Å². The topological polar surface area (TPSA) is 60.5 Å². The molecule has 0 atom stereocenters. The van der Waals surface area contributed by atoms with Crippen molar-refractivity contribution in [2.24, 2.45) is 0 Å². The van der Waals surface area contributed by atoms with Gasteiger partial charge in [-0.05, 0) is 31.4 Å². The Morgan fingerprint density at radius 1 is 1.33 bits per heavy atom. The zero-order valence-corrected chi connectivity index (χ0v) is 12.5. The zero-order chi connectivity index (χ0) is 14.4. The van der Waals surface area contributed by atoms with Crippen LogP contribution >= 0.6 is 22.9 Å². The summed E-state index contributed by atoms with van der Waals surface area (Å²) in [4.78, 5) is 18.0. The first-order chi connectivity index (χ1) is 10.2. The number of rotatable bonds is 2. The van der Waals surface area contributed by atoms with Gasteiger partial charge in [-0.2, -0.15) is 0 Å². The predicted octanol–water partition coefficient (Wildman–Crippen LogP) is 3.27. The van der Waals surface area contributed by atoms with Gasteiger partial charge < -0.3 is 9.47 Å². The fourth-order valence-corrected chi connectivity index (χ4v) is 3.82. The van der Waals surface area contributed by atoms with E-state index in [0.717, 1.165) is 25.0 Å². The molecule has 7 heteroatoms. The average molecular weight is 323 g/mol. The zero-order valence-electron chi connectivity index (χ0n) is 10.9. The molecule has 108 valence electrons. The summed E-state index contributed by atoms with van der Waals surface area (Å²) in [6, 6.07) is 3.20. The predicted molar refractivity (Wildman–Crippen MR) is 79.7 cm³/mol. The second-order valence-electron chi connectivity index (χ2n) is 4.89. The van der Waals surface area contributed by atoms with Crippen LogP contribution in [-0.4, -0.2) is 17.7 Å². The Hall–Kier alpha value is -1.79. The van der Waals surface area contributed by atoms with Crippen molar-refractivity contribution in [3.63, 3.8) is 0 Å². The average Bonchev–Trinajstić information content (AvgIpc) is 3.12. The van der Waals surface area contributed by atoms with Gasteiger partial charge in [-0.3, -0.25) is 10.1 Å². The minimum atomic E-state index is -0.248. The first kappa shape index (κ1) is 12.9. The number of ether oxygens (including phenoxy) is 2. The fraction of sp³-hybridized carbons (Fsp3) is 0.286. The lowest BCUT2D eigenvalue weighted by Crippen LogP contribution is -2.11. The van der Waals surface area contributed by atoms with Gasteiger partial charge in [-0.1, -0.05) is 11.6 Å². The van der Waals surface area contributed by atoms with Crippen LogP contribution in [0.15, 0.2) is 12.1 Å². The second-order valence-corrected chi connectivity index (χ2v) is 6.38. The Labute approximate surface area is 129 Å². The summed E-state index contributed by atoms with van der Waals surface area (Å²) in [5, 5.41) is 3.83. The number of thiazole rings is 1. The highest BCUT2D eigenvalue weighted by Gasteiger charge is 2.22. The molecule has 21 heavy (non-hydrogen) atoms. The van der Waals surface area contributed by atoms with Crippen LogP contribution in [0, 0.1) is 0 Å². The molecule has 1 amide bonds. The minimum absolute atomic E-state index is 0.124.